The second-order valence-electron chi connectivity index (χ2n) is 4.37. The zero-order valence-electron chi connectivity index (χ0n) is 9.96. The van der Waals surface area contributed by atoms with Gasteiger partial charge in [-0.2, -0.15) is 0 Å². The molecule has 3 nitrogen and oxygen atoms in total. The van der Waals surface area contributed by atoms with Crippen molar-refractivity contribution in [3.05, 3.63) is 18.2 Å². The van der Waals surface area contributed by atoms with Gasteiger partial charge in [-0.15, -0.1) is 0 Å². The lowest BCUT2D eigenvalue weighted by molar-refractivity contribution is 0.695. The fraction of sp³-hybridized carbons (Fsp3) is 0.462. The largest absolute Gasteiger partial charge is 0.399 e. The van der Waals surface area contributed by atoms with Gasteiger partial charge in [0.15, 0.2) is 0 Å². The van der Waals surface area contributed by atoms with Gasteiger partial charge in [0.05, 0.1) is 17.4 Å². The van der Waals surface area contributed by atoms with E-state index in [4.69, 9.17) is 5.73 Å². The Labute approximate surface area is 96.8 Å². The minimum Gasteiger partial charge on any atom is -0.399 e. The molecule has 1 aliphatic heterocycles. The van der Waals surface area contributed by atoms with Crippen molar-refractivity contribution in [1.29, 1.82) is 0 Å². The van der Waals surface area contributed by atoms with E-state index in [9.17, 15) is 0 Å². The van der Waals surface area contributed by atoms with Gasteiger partial charge < -0.3 is 11.1 Å². The first-order valence-corrected chi connectivity index (χ1v) is 5.92. The molecule has 86 valence electrons. The Hall–Kier alpha value is -1.51. The second kappa shape index (κ2) is 4.56. The number of nitrogens with zero attached hydrogens (tertiary/aromatic N) is 1. The Kier molecular flexibility index (Phi) is 3.13. The molecule has 2 rings (SSSR count). The average molecular weight is 217 g/mol. The molecule has 1 heterocycles. The summed E-state index contributed by atoms with van der Waals surface area (Å²) in [5.74, 6) is 0. The molecule has 1 aromatic rings. The van der Waals surface area contributed by atoms with Crippen molar-refractivity contribution in [3.8, 4) is 0 Å². The molecule has 0 amide bonds. The predicted octanol–water partition coefficient (Wildman–Crippen LogP) is 3.35. The summed E-state index contributed by atoms with van der Waals surface area (Å²) in [6, 6.07) is 6.19. The molecule has 0 bridgehead atoms. The van der Waals surface area contributed by atoms with Gasteiger partial charge in [0, 0.05) is 11.4 Å². The highest BCUT2D eigenvalue weighted by atomic mass is 15.0. The lowest BCUT2D eigenvalue weighted by atomic mass is 10.0. The number of aliphatic imine (C=N–C) groups is 1. The van der Waals surface area contributed by atoms with Crippen molar-refractivity contribution >= 4 is 22.8 Å². The monoisotopic (exact) mass is 217 g/mol. The molecule has 0 spiro atoms. The first kappa shape index (κ1) is 11.0. The van der Waals surface area contributed by atoms with Crippen LogP contribution in [-0.4, -0.2) is 11.8 Å². The highest BCUT2D eigenvalue weighted by Gasteiger charge is 2.18. The molecule has 0 radical (unpaired) electrons. The minimum atomic E-state index is 0.370. The van der Waals surface area contributed by atoms with Crippen LogP contribution in [0.25, 0.3) is 0 Å². The first-order chi connectivity index (χ1) is 7.70. The van der Waals surface area contributed by atoms with Gasteiger partial charge in [0.25, 0.3) is 0 Å². The number of anilines is 2. The first-order valence-electron chi connectivity index (χ1n) is 5.92. The summed E-state index contributed by atoms with van der Waals surface area (Å²) in [6.45, 7) is 4.30. The summed E-state index contributed by atoms with van der Waals surface area (Å²) < 4.78 is 0. The maximum atomic E-state index is 5.77. The van der Waals surface area contributed by atoms with Crippen LogP contribution < -0.4 is 11.1 Å². The summed E-state index contributed by atoms with van der Waals surface area (Å²) in [5.41, 5.74) is 9.79. The lowest BCUT2D eigenvalue weighted by Gasteiger charge is -2.25. The van der Waals surface area contributed by atoms with Crippen LogP contribution in [0.15, 0.2) is 23.2 Å². The van der Waals surface area contributed by atoms with Gasteiger partial charge in [-0.3, -0.25) is 4.99 Å². The van der Waals surface area contributed by atoms with Crippen molar-refractivity contribution in [2.45, 2.75) is 39.2 Å². The van der Waals surface area contributed by atoms with Crippen molar-refractivity contribution < 1.29 is 0 Å². The van der Waals surface area contributed by atoms with Gasteiger partial charge >= 0.3 is 0 Å². The molecule has 3 N–H and O–H groups in total. The highest BCUT2D eigenvalue weighted by Crippen LogP contribution is 2.32. The Morgan fingerprint density at radius 2 is 2.25 bits per heavy atom. The van der Waals surface area contributed by atoms with Gasteiger partial charge in [-0.25, -0.2) is 0 Å². The normalized spacial score (nSPS) is 18.6. The second-order valence-corrected chi connectivity index (χ2v) is 4.37. The Morgan fingerprint density at radius 1 is 1.44 bits per heavy atom. The van der Waals surface area contributed by atoms with Crippen LogP contribution in [0, 0.1) is 0 Å². The predicted molar refractivity (Wildman–Crippen MR) is 70.6 cm³/mol. The molecule has 0 aliphatic carbocycles. The van der Waals surface area contributed by atoms with Gasteiger partial charge in [0.2, 0.25) is 0 Å². The third-order valence-electron chi connectivity index (χ3n) is 3.00. The van der Waals surface area contributed by atoms with Crippen LogP contribution >= 0.6 is 0 Å². The maximum Gasteiger partial charge on any atom is 0.0862 e. The fourth-order valence-electron chi connectivity index (χ4n) is 2.02. The Bertz CT molecular complexity index is 410. The van der Waals surface area contributed by atoms with Gasteiger partial charge in [-0.05, 0) is 31.5 Å². The van der Waals surface area contributed by atoms with E-state index in [2.05, 4.69) is 24.2 Å². The number of nitrogens with one attached hydrogen (secondary N) is 1. The molecule has 1 aliphatic rings. The SMILES string of the molecule is CCCCC1Nc2cc(N)ccc2N=C1C. The maximum absolute atomic E-state index is 5.77. The van der Waals surface area contributed by atoms with Gasteiger partial charge in [-0.1, -0.05) is 19.8 Å². The molecule has 0 fully saturated rings. The molecular weight excluding hydrogens is 198 g/mol. The van der Waals surface area contributed by atoms with E-state index >= 15 is 0 Å². The molecule has 0 saturated carbocycles. The van der Waals surface area contributed by atoms with Crippen LogP contribution in [0.5, 0.6) is 0 Å². The van der Waals surface area contributed by atoms with E-state index in [0.717, 1.165) is 23.5 Å². The number of unbranched alkanes of at least 4 members (excludes halogenated alkanes) is 1. The Balaban J connectivity index is 2.21. The quantitative estimate of drug-likeness (QED) is 0.763. The number of hydrogen-bond donors (Lipinski definition) is 2. The third kappa shape index (κ3) is 2.18. The summed E-state index contributed by atoms with van der Waals surface area (Å²) in [5, 5.41) is 3.51. The van der Waals surface area contributed by atoms with E-state index in [1.165, 1.54) is 18.6 Å². The summed E-state index contributed by atoms with van der Waals surface area (Å²) in [4.78, 5) is 4.62. The lowest BCUT2D eigenvalue weighted by Crippen LogP contribution is -2.29. The molecule has 0 aromatic heterocycles. The van der Waals surface area contributed by atoms with Crippen LogP contribution in [-0.2, 0) is 0 Å². The summed E-state index contributed by atoms with van der Waals surface area (Å²) >= 11 is 0. The smallest absolute Gasteiger partial charge is 0.0862 e. The highest BCUT2D eigenvalue weighted by molar-refractivity contribution is 5.96. The van der Waals surface area contributed by atoms with E-state index < -0.39 is 0 Å². The van der Waals surface area contributed by atoms with Gasteiger partial charge in [0.1, 0.15) is 0 Å². The minimum absolute atomic E-state index is 0.370. The van der Waals surface area contributed by atoms with E-state index in [-0.39, 0.29) is 0 Å². The number of rotatable bonds is 3. The Morgan fingerprint density at radius 3 is 3.00 bits per heavy atom. The van der Waals surface area contributed by atoms with Crippen molar-refractivity contribution in [2.24, 2.45) is 4.99 Å². The fourth-order valence-corrected chi connectivity index (χ4v) is 2.02. The molecule has 1 atom stereocenters. The van der Waals surface area contributed by atoms with Crippen LogP contribution in [0.1, 0.15) is 33.1 Å². The molecule has 16 heavy (non-hydrogen) atoms. The summed E-state index contributed by atoms with van der Waals surface area (Å²) in [7, 11) is 0. The van der Waals surface area contributed by atoms with E-state index in [1.807, 2.05) is 18.2 Å². The summed E-state index contributed by atoms with van der Waals surface area (Å²) in [6.07, 6.45) is 3.58. The average Bonchev–Trinajstić information content (AvgIpc) is 2.27. The molecule has 0 saturated heterocycles. The number of benzene rings is 1. The number of nitrogens with two attached hydrogens (primary N) is 1. The van der Waals surface area contributed by atoms with Crippen LogP contribution in [0.3, 0.4) is 0 Å². The number of nitrogen functional groups attached to an aromatic ring is 1. The standard InChI is InChI=1S/C13H19N3/c1-3-4-5-11-9(2)15-12-7-6-10(14)8-13(12)16-11/h6-8,11,16H,3-5,14H2,1-2H3. The van der Waals surface area contributed by atoms with Crippen LogP contribution in [0.4, 0.5) is 17.1 Å². The molecule has 3 heteroatoms. The molecule has 1 aromatic carbocycles. The van der Waals surface area contributed by atoms with E-state index in [1.54, 1.807) is 0 Å². The topological polar surface area (TPSA) is 50.4 Å². The zero-order chi connectivity index (χ0) is 11.5. The van der Waals surface area contributed by atoms with Crippen molar-refractivity contribution in [1.82, 2.24) is 0 Å². The number of fused-ring (bicyclic) bond motifs is 1. The van der Waals surface area contributed by atoms with Crippen molar-refractivity contribution in [3.63, 3.8) is 0 Å². The number of hydrogen-bond acceptors (Lipinski definition) is 3. The van der Waals surface area contributed by atoms with Crippen LogP contribution in [0.2, 0.25) is 0 Å². The van der Waals surface area contributed by atoms with Crippen molar-refractivity contribution in [2.75, 3.05) is 11.1 Å². The molecule has 1 unspecified atom stereocenters. The van der Waals surface area contributed by atoms with E-state index in [0.29, 0.717) is 6.04 Å². The molecular formula is C13H19N3. The third-order valence-corrected chi connectivity index (χ3v) is 3.00. The zero-order valence-corrected chi connectivity index (χ0v) is 9.96.